The van der Waals surface area contributed by atoms with Crippen LogP contribution >= 0.6 is 0 Å². The monoisotopic (exact) mass is 278 g/mol. The lowest BCUT2D eigenvalue weighted by Crippen LogP contribution is -2.32. The number of nitrogens with one attached hydrogen (secondary N) is 1. The summed E-state index contributed by atoms with van der Waals surface area (Å²) in [5.41, 5.74) is 0.0545. The second-order valence-corrected chi connectivity index (χ2v) is 4.80. The number of nitro benzene ring substituents is 1. The number of benzene rings is 1. The van der Waals surface area contributed by atoms with Crippen LogP contribution in [0.3, 0.4) is 0 Å². The molecule has 1 aliphatic carbocycles. The Kier molecular flexibility index (Phi) is 4.55. The first-order valence-corrected chi connectivity index (χ1v) is 6.84. The lowest BCUT2D eigenvalue weighted by molar-refractivity contribution is -0.385. The molecule has 20 heavy (non-hydrogen) atoms. The molecule has 1 aromatic rings. The SMILES string of the molecule is CCOc1c(C(=O)NC2CCCC2)cccc1[N+](=O)[O-]. The van der Waals surface area contributed by atoms with Crippen LogP contribution < -0.4 is 10.1 Å². The van der Waals surface area contributed by atoms with Gasteiger partial charge in [-0.1, -0.05) is 18.9 Å². The molecule has 1 N–H and O–H groups in total. The van der Waals surface area contributed by atoms with Gasteiger partial charge in [0.05, 0.1) is 17.1 Å². The summed E-state index contributed by atoms with van der Waals surface area (Å²) in [6.07, 6.45) is 4.14. The lowest BCUT2D eigenvalue weighted by atomic mass is 10.1. The van der Waals surface area contributed by atoms with Gasteiger partial charge in [0, 0.05) is 12.1 Å². The van der Waals surface area contributed by atoms with Crippen LogP contribution in [0, 0.1) is 10.1 Å². The van der Waals surface area contributed by atoms with E-state index in [-0.39, 0.29) is 35.6 Å². The van der Waals surface area contributed by atoms with E-state index >= 15 is 0 Å². The van der Waals surface area contributed by atoms with Crippen molar-refractivity contribution in [3.63, 3.8) is 0 Å². The summed E-state index contributed by atoms with van der Waals surface area (Å²) >= 11 is 0. The van der Waals surface area contributed by atoms with E-state index in [9.17, 15) is 14.9 Å². The lowest BCUT2D eigenvalue weighted by Gasteiger charge is -2.14. The van der Waals surface area contributed by atoms with Crippen LogP contribution in [0.15, 0.2) is 18.2 Å². The van der Waals surface area contributed by atoms with Crippen molar-refractivity contribution in [2.24, 2.45) is 0 Å². The summed E-state index contributed by atoms with van der Waals surface area (Å²) < 4.78 is 5.31. The Morgan fingerprint density at radius 1 is 1.45 bits per heavy atom. The highest BCUT2D eigenvalue weighted by atomic mass is 16.6. The molecule has 0 aromatic heterocycles. The van der Waals surface area contributed by atoms with Crippen molar-refractivity contribution in [2.45, 2.75) is 38.6 Å². The van der Waals surface area contributed by atoms with E-state index in [2.05, 4.69) is 5.32 Å². The highest BCUT2D eigenvalue weighted by Gasteiger charge is 2.25. The maximum atomic E-state index is 12.3. The van der Waals surface area contributed by atoms with E-state index in [1.54, 1.807) is 13.0 Å². The first kappa shape index (κ1) is 14.3. The fourth-order valence-electron chi connectivity index (χ4n) is 2.48. The number of nitrogens with zero attached hydrogens (tertiary/aromatic N) is 1. The molecular formula is C14H18N2O4. The topological polar surface area (TPSA) is 81.5 Å². The first-order chi connectivity index (χ1) is 9.63. The van der Waals surface area contributed by atoms with Gasteiger partial charge >= 0.3 is 5.69 Å². The number of carbonyl (C=O) groups is 1. The zero-order chi connectivity index (χ0) is 14.5. The molecule has 108 valence electrons. The number of amides is 1. The van der Waals surface area contributed by atoms with Crippen LogP contribution in [0.2, 0.25) is 0 Å². The third kappa shape index (κ3) is 3.07. The van der Waals surface area contributed by atoms with E-state index in [1.165, 1.54) is 12.1 Å². The minimum atomic E-state index is -0.530. The maximum Gasteiger partial charge on any atom is 0.311 e. The van der Waals surface area contributed by atoms with Gasteiger partial charge in [-0.05, 0) is 25.8 Å². The number of rotatable bonds is 5. The highest BCUT2D eigenvalue weighted by molar-refractivity contribution is 5.98. The van der Waals surface area contributed by atoms with Gasteiger partial charge in [0.2, 0.25) is 5.75 Å². The van der Waals surface area contributed by atoms with Crippen LogP contribution in [0.5, 0.6) is 5.75 Å². The van der Waals surface area contributed by atoms with Crippen molar-refractivity contribution in [1.82, 2.24) is 5.32 Å². The van der Waals surface area contributed by atoms with E-state index in [4.69, 9.17) is 4.74 Å². The molecule has 2 rings (SSSR count). The number of ether oxygens (including phenoxy) is 1. The predicted molar refractivity (Wildman–Crippen MR) is 74.0 cm³/mol. The predicted octanol–water partition coefficient (Wildman–Crippen LogP) is 2.67. The summed E-state index contributed by atoms with van der Waals surface area (Å²) in [7, 11) is 0. The van der Waals surface area contributed by atoms with Gasteiger partial charge in [-0.2, -0.15) is 0 Å². The Balaban J connectivity index is 2.26. The Bertz CT molecular complexity index is 510. The van der Waals surface area contributed by atoms with Gasteiger partial charge in [-0.25, -0.2) is 0 Å². The Hall–Kier alpha value is -2.11. The molecule has 6 heteroatoms. The van der Waals surface area contributed by atoms with Gasteiger partial charge in [0.15, 0.2) is 0 Å². The van der Waals surface area contributed by atoms with E-state index in [0.717, 1.165) is 25.7 Å². The molecule has 1 aliphatic rings. The standard InChI is InChI=1S/C14H18N2O4/c1-2-20-13-11(8-5-9-12(13)16(18)19)14(17)15-10-6-3-4-7-10/h5,8-10H,2-4,6-7H2,1H3,(H,15,17). The number of nitro groups is 1. The number of para-hydroxylation sites is 1. The van der Waals surface area contributed by atoms with Crippen molar-refractivity contribution in [1.29, 1.82) is 0 Å². The van der Waals surface area contributed by atoms with Crippen molar-refractivity contribution in [2.75, 3.05) is 6.61 Å². The molecule has 0 spiro atoms. The quantitative estimate of drug-likeness (QED) is 0.663. The van der Waals surface area contributed by atoms with Crippen LogP contribution in [0.1, 0.15) is 43.0 Å². The third-order valence-electron chi connectivity index (χ3n) is 3.41. The molecule has 1 saturated carbocycles. The largest absolute Gasteiger partial charge is 0.487 e. The van der Waals surface area contributed by atoms with Gasteiger partial charge in [-0.3, -0.25) is 14.9 Å². The zero-order valence-corrected chi connectivity index (χ0v) is 11.4. The fourth-order valence-corrected chi connectivity index (χ4v) is 2.48. The molecule has 0 unspecified atom stereocenters. The van der Waals surface area contributed by atoms with Gasteiger partial charge in [-0.15, -0.1) is 0 Å². The molecule has 1 fully saturated rings. The smallest absolute Gasteiger partial charge is 0.311 e. The van der Waals surface area contributed by atoms with Crippen LogP contribution in [0.25, 0.3) is 0 Å². The highest BCUT2D eigenvalue weighted by Crippen LogP contribution is 2.31. The fraction of sp³-hybridized carbons (Fsp3) is 0.500. The maximum absolute atomic E-state index is 12.3. The Morgan fingerprint density at radius 2 is 2.15 bits per heavy atom. The van der Waals surface area contributed by atoms with E-state index in [1.807, 2.05) is 0 Å². The third-order valence-corrected chi connectivity index (χ3v) is 3.41. The van der Waals surface area contributed by atoms with Gasteiger partial charge < -0.3 is 10.1 Å². The van der Waals surface area contributed by atoms with Crippen molar-refractivity contribution in [3.05, 3.63) is 33.9 Å². The van der Waals surface area contributed by atoms with E-state index in [0.29, 0.717) is 0 Å². The summed E-state index contributed by atoms with van der Waals surface area (Å²) in [5.74, 6) is -0.250. The summed E-state index contributed by atoms with van der Waals surface area (Å²) in [6, 6.07) is 4.57. The summed E-state index contributed by atoms with van der Waals surface area (Å²) in [6.45, 7) is 2.00. The molecule has 0 atom stereocenters. The van der Waals surface area contributed by atoms with Crippen LogP contribution in [0.4, 0.5) is 5.69 Å². The molecule has 6 nitrogen and oxygen atoms in total. The molecule has 0 bridgehead atoms. The summed E-state index contributed by atoms with van der Waals surface area (Å²) in [4.78, 5) is 22.7. The minimum absolute atomic E-state index is 0.0514. The van der Waals surface area contributed by atoms with Crippen LogP contribution in [-0.2, 0) is 0 Å². The van der Waals surface area contributed by atoms with Crippen molar-refractivity contribution in [3.8, 4) is 5.75 Å². The van der Waals surface area contributed by atoms with Gasteiger partial charge in [0.1, 0.15) is 0 Å². The number of hydrogen-bond acceptors (Lipinski definition) is 4. The van der Waals surface area contributed by atoms with Crippen LogP contribution in [-0.4, -0.2) is 23.5 Å². The zero-order valence-electron chi connectivity index (χ0n) is 11.4. The second kappa shape index (κ2) is 6.36. The normalized spacial score (nSPS) is 15.1. The molecular weight excluding hydrogens is 260 g/mol. The average Bonchev–Trinajstić information content (AvgIpc) is 2.91. The van der Waals surface area contributed by atoms with Crippen molar-refractivity contribution < 1.29 is 14.5 Å². The number of hydrogen-bond donors (Lipinski definition) is 1. The number of carbonyl (C=O) groups excluding carboxylic acids is 1. The first-order valence-electron chi connectivity index (χ1n) is 6.84. The Morgan fingerprint density at radius 3 is 2.75 bits per heavy atom. The minimum Gasteiger partial charge on any atom is -0.487 e. The molecule has 1 amide bonds. The molecule has 0 aliphatic heterocycles. The average molecular weight is 278 g/mol. The van der Waals surface area contributed by atoms with Gasteiger partial charge in [0.25, 0.3) is 5.91 Å². The second-order valence-electron chi connectivity index (χ2n) is 4.80. The summed E-state index contributed by atoms with van der Waals surface area (Å²) in [5, 5.41) is 13.9. The molecule has 1 aromatic carbocycles. The molecule has 0 radical (unpaired) electrons. The molecule has 0 heterocycles. The molecule has 0 saturated heterocycles. The van der Waals surface area contributed by atoms with E-state index < -0.39 is 4.92 Å². The van der Waals surface area contributed by atoms with Crippen molar-refractivity contribution >= 4 is 11.6 Å². The Labute approximate surface area is 117 Å².